The number of aryl methyl sites for hydroxylation is 2. The van der Waals surface area contributed by atoms with Gasteiger partial charge in [0.05, 0.1) is 12.8 Å². The lowest BCUT2D eigenvalue weighted by atomic mass is 9.89. The number of carbonyl (C=O) groups excluding carboxylic acids is 1. The van der Waals surface area contributed by atoms with E-state index in [-0.39, 0.29) is 6.09 Å². The van der Waals surface area contributed by atoms with Crippen molar-refractivity contribution in [3.05, 3.63) is 70.6 Å². The zero-order chi connectivity index (χ0) is 25.2. The standard InChI is InChI=1S/C21H22N2O2.4C2H6/c1-25-21(24)23-13-10-16(11-14-23)19-18-7-3-2-5-15(18)8-9-17-6-4-12-22-20(17)19;4*1-2/h2-7,12H,8-11,13-14H2,1H3;4*1-2H3. The Morgan fingerprint density at radius 2 is 1.33 bits per heavy atom. The van der Waals surface area contributed by atoms with Gasteiger partial charge in [0.25, 0.3) is 0 Å². The average molecular weight is 455 g/mol. The number of benzene rings is 1. The number of likely N-dealkylation sites (tertiary alicyclic amines) is 1. The highest BCUT2D eigenvalue weighted by Crippen LogP contribution is 2.37. The summed E-state index contributed by atoms with van der Waals surface area (Å²) < 4.78 is 4.86. The number of hydrogen-bond donors (Lipinski definition) is 0. The number of hydrogen-bond acceptors (Lipinski definition) is 3. The van der Waals surface area contributed by atoms with Crippen molar-refractivity contribution in [2.75, 3.05) is 20.2 Å². The summed E-state index contributed by atoms with van der Waals surface area (Å²) in [5, 5.41) is 0. The molecule has 4 heteroatoms. The predicted molar refractivity (Wildman–Crippen MR) is 143 cm³/mol. The molecule has 4 nitrogen and oxygen atoms in total. The Kier molecular flexibility index (Phi) is 16.5. The fourth-order valence-electron chi connectivity index (χ4n) is 3.94. The molecule has 0 spiro atoms. The van der Waals surface area contributed by atoms with Crippen LogP contribution >= 0.6 is 0 Å². The highest BCUT2D eigenvalue weighted by Gasteiger charge is 2.26. The summed E-state index contributed by atoms with van der Waals surface area (Å²) in [6, 6.07) is 12.9. The molecule has 1 saturated heterocycles. The van der Waals surface area contributed by atoms with Crippen molar-refractivity contribution >= 4 is 11.7 Å². The van der Waals surface area contributed by atoms with E-state index in [9.17, 15) is 4.79 Å². The van der Waals surface area contributed by atoms with Crippen molar-refractivity contribution in [1.82, 2.24) is 9.88 Å². The van der Waals surface area contributed by atoms with Gasteiger partial charge < -0.3 is 9.64 Å². The molecular weight excluding hydrogens is 408 g/mol. The molecule has 0 unspecified atom stereocenters. The zero-order valence-electron chi connectivity index (χ0n) is 22.5. The van der Waals surface area contributed by atoms with E-state index >= 15 is 0 Å². The summed E-state index contributed by atoms with van der Waals surface area (Å²) in [7, 11) is 1.44. The van der Waals surface area contributed by atoms with E-state index in [0.29, 0.717) is 13.1 Å². The molecule has 0 bridgehead atoms. The molecule has 4 rings (SSSR count). The lowest BCUT2D eigenvalue weighted by Gasteiger charge is -2.29. The van der Waals surface area contributed by atoms with Gasteiger partial charge in [-0.15, -0.1) is 0 Å². The van der Waals surface area contributed by atoms with Crippen LogP contribution in [0.1, 0.15) is 90.6 Å². The number of ether oxygens (including phenoxy) is 1. The minimum atomic E-state index is -0.233. The lowest BCUT2D eigenvalue weighted by Crippen LogP contribution is -2.36. The van der Waals surface area contributed by atoms with Gasteiger partial charge in [0.15, 0.2) is 0 Å². The van der Waals surface area contributed by atoms with Crippen LogP contribution in [-0.4, -0.2) is 36.2 Å². The number of methoxy groups -OCH3 is 1. The summed E-state index contributed by atoms with van der Waals surface area (Å²) in [5.74, 6) is 0. The van der Waals surface area contributed by atoms with E-state index in [0.717, 1.165) is 31.4 Å². The van der Waals surface area contributed by atoms with Gasteiger partial charge in [0.2, 0.25) is 0 Å². The van der Waals surface area contributed by atoms with E-state index in [1.165, 1.54) is 34.9 Å². The molecule has 2 aromatic rings. The van der Waals surface area contributed by atoms with Gasteiger partial charge in [0.1, 0.15) is 0 Å². The summed E-state index contributed by atoms with van der Waals surface area (Å²) in [6.45, 7) is 17.4. The number of amides is 1. The third-order valence-electron chi connectivity index (χ3n) is 5.23. The molecule has 33 heavy (non-hydrogen) atoms. The number of carbonyl (C=O) groups is 1. The first kappa shape index (κ1) is 30.4. The first-order valence-electron chi connectivity index (χ1n) is 12.9. The minimum Gasteiger partial charge on any atom is -0.453 e. The Balaban J connectivity index is 0.00000116. The number of pyridine rings is 1. The monoisotopic (exact) mass is 454 g/mol. The second-order valence-electron chi connectivity index (χ2n) is 6.60. The van der Waals surface area contributed by atoms with Gasteiger partial charge in [-0.05, 0) is 48.4 Å². The van der Waals surface area contributed by atoms with E-state index < -0.39 is 0 Å². The number of aromatic nitrogens is 1. The maximum Gasteiger partial charge on any atom is 0.409 e. The van der Waals surface area contributed by atoms with Crippen molar-refractivity contribution in [1.29, 1.82) is 0 Å². The van der Waals surface area contributed by atoms with Gasteiger partial charge in [-0.1, -0.05) is 91.3 Å². The van der Waals surface area contributed by atoms with Crippen LogP contribution in [0.3, 0.4) is 0 Å². The maximum absolute atomic E-state index is 11.8. The van der Waals surface area contributed by atoms with Crippen LogP contribution in [0.2, 0.25) is 0 Å². The fraction of sp³-hybridized carbons (Fsp3) is 0.517. The number of nitrogens with zero attached hydrogens (tertiary/aromatic N) is 2. The van der Waals surface area contributed by atoms with Crippen LogP contribution < -0.4 is 0 Å². The van der Waals surface area contributed by atoms with Crippen LogP contribution in [0.25, 0.3) is 5.57 Å². The fourth-order valence-corrected chi connectivity index (χ4v) is 3.94. The van der Waals surface area contributed by atoms with Crippen molar-refractivity contribution < 1.29 is 9.53 Å². The third kappa shape index (κ3) is 8.03. The molecule has 1 fully saturated rings. The van der Waals surface area contributed by atoms with Gasteiger partial charge in [0, 0.05) is 24.9 Å². The Hall–Kier alpha value is -2.62. The second kappa shape index (κ2) is 17.9. The first-order valence-corrected chi connectivity index (χ1v) is 12.9. The molecule has 0 saturated carbocycles. The second-order valence-corrected chi connectivity index (χ2v) is 6.60. The molecule has 0 atom stereocenters. The minimum absolute atomic E-state index is 0.233. The van der Waals surface area contributed by atoms with Crippen LogP contribution in [0.4, 0.5) is 4.79 Å². The Bertz CT molecular complexity index is 784. The van der Waals surface area contributed by atoms with Crippen molar-refractivity contribution in [3.63, 3.8) is 0 Å². The SMILES string of the molecule is CC.CC.CC.CC.COC(=O)N1CCC(=C2c3ccccc3CCc3cccnc32)CC1. The molecule has 1 aliphatic heterocycles. The van der Waals surface area contributed by atoms with Gasteiger partial charge >= 0.3 is 6.09 Å². The molecule has 1 aliphatic carbocycles. The van der Waals surface area contributed by atoms with Crippen LogP contribution in [0, 0.1) is 0 Å². The highest BCUT2D eigenvalue weighted by molar-refractivity contribution is 5.84. The van der Waals surface area contributed by atoms with Crippen molar-refractivity contribution in [3.8, 4) is 0 Å². The quantitative estimate of drug-likeness (QED) is 0.405. The maximum atomic E-state index is 11.8. The number of fused-ring (bicyclic) bond motifs is 2. The molecule has 1 aromatic carbocycles. The molecule has 2 heterocycles. The molecule has 0 N–H and O–H groups in total. The molecule has 2 aliphatic rings. The Labute approximate surface area is 203 Å². The summed E-state index contributed by atoms with van der Waals surface area (Å²) in [4.78, 5) is 18.3. The van der Waals surface area contributed by atoms with E-state index in [1.807, 2.05) is 67.7 Å². The van der Waals surface area contributed by atoms with E-state index in [4.69, 9.17) is 9.72 Å². The van der Waals surface area contributed by atoms with Gasteiger partial charge in [-0.2, -0.15) is 0 Å². The third-order valence-corrected chi connectivity index (χ3v) is 5.23. The van der Waals surface area contributed by atoms with Gasteiger partial charge in [-0.25, -0.2) is 4.79 Å². The van der Waals surface area contributed by atoms with Crippen molar-refractivity contribution in [2.24, 2.45) is 0 Å². The van der Waals surface area contributed by atoms with E-state index in [2.05, 4.69) is 30.3 Å². The molecule has 0 radical (unpaired) electrons. The topological polar surface area (TPSA) is 42.4 Å². The smallest absolute Gasteiger partial charge is 0.409 e. The molecule has 1 aromatic heterocycles. The molecular formula is C29H46N2O2. The van der Waals surface area contributed by atoms with Gasteiger partial charge in [-0.3, -0.25) is 4.98 Å². The average Bonchev–Trinajstić information content (AvgIpc) is 3.10. The molecule has 184 valence electrons. The van der Waals surface area contributed by atoms with E-state index in [1.54, 1.807) is 4.90 Å². The van der Waals surface area contributed by atoms with Crippen LogP contribution in [-0.2, 0) is 17.6 Å². The zero-order valence-corrected chi connectivity index (χ0v) is 22.5. The first-order chi connectivity index (χ1) is 16.3. The van der Waals surface area contributed by atoms with Crippen LogP contribution in [0.5, 0.6) is 0 Å². The largest absolute Gasteiger partial charge is 0.453 e. The summed E-state index contributed by atoms with van der Waals surface area (Å²) in [6.07, 6.45) is 5.45. The van der Waals surface area contributed by atoms with Crippen molar-refractivity contribution in [2.45, 2.75) is 81.1 Å². The Morgan fingerprint density at radius 3 is 1.94 bits per heavy atom. The number of piperidine rings is 1. The molecule has 1 amide bonds. The summed E-state index contributed by atoms with van der Waals surface area (Å²) in [5.41, 5.74) is 7.81. The Morgan fingerprint density at radius 1 is 0.788 bits per heavy atom. The lowest BCUT2D eigenvalue weighted by molar-refractivity contribution is 0.120. The summed E-state index contributed by atoms with van der Waals surface area (Å²) >= 11 is 0. The number of rotatable bonds is 0. The normalized spacial score (nSPS) is 13.4. The highest BCUT2D eigenvalue weighted by atomic mass is 16.5. The van der Waals surface area contributed by atoms with Crippen LogP contribution in [0.15, 0.2) is 48.2 Å². The predicted octanol–water partition coefficient (Wildman–Crippen LogP) is 7.95.